The molecule has 19 heavy (non-hydrogen) atoms. The Kier molecular flexibility index (Phi) is 4.33. The normalized spacial score (nSPS) is 18.1. The van der Waals surface area contributed by atoms with Gasteiger partial charge >= 0.3 is 34.2 Å². The van der Waals surface area contributed by atoms with Crippen LogP contribution in [-0.2, 0) is 4.79 Å². The van der Waals surface area contributed by atoms with E-state index in [2.05, 4.69) is 23.2 Å². The lowest BCUT2D eigenvalue weighted by Crippen LogP contribution is -2.67. The minimum Gasteiger partial charge on any atom is -0.477 e. The van der Waals surface area contributed by atoms with E-state index in [1.165, 1.54) is 0 Å². The van der Waals surface area contributed by atoms with Gasteiger partial charge in [0.25, 0.3) is 0 Å². The minimum absolute atomic E-state index is 3.70. The summed E-state index contributed by atoms with van der Waals surface area (Å²) in [6.45, 7) is 0. The zero-order valence-corrected chi connectivity index (χ0v) is 9.52. The van der Waals surface area contributed by atoms with Crippen LogP contribution in [0.15, 0.2) is 0 Å². The van der Waals surface area contributed by atoms with Crippen LogP contribution in [0.3, 0.4) is 0 Å². The first-order chi connectivity index (χ1) is 7.94. The molecule has 2 nitrogen and oxygen atoms in total. The zero-order chi connectivity index (χ0) is 16.1. The maximum atomic E-state index is 12.8. The number of hydrogen-bond donors (Lipinski definition) is 1. The second kappa shape index (κ2) is 4.47. The predicted molar refractivity (Wildman–Crippen MR) is 43.0 cm³/mol. The summed E-state index contributed by atoms with van der Waals surface area (Å²) in [5, 5.41) is -4.40. The van der Waals surface area contributed by atoms with Crippen LogP contribution in [0.5, 0.6) is 0 Å². The van der Waals surface area contributed by atoms with E-state index in [0.29, 0.717) is 0 Å². The minimum atomic E-state index is -7.08. The maximum absolute atomic E-state index is 12.8. The van der Waals surface area contributed by atoms with Crippen molar-refractivity contribution >= 4 is 29.2 Å². The second-order valence-corrected chi connectivity index (χ2v) is 4.10. The fourth-order valence-corrected chi connectivity index (χ4v) is 0.944. The Balaban J connectivity index is 5.99. The molecular formula is C6HCl2F9O2. The summed E-state index contributed by atoms with van der Waals surface area (Å²) in [6, 6.07) is 0. The molecule has 13 heteroatoms. The molecule has 0 spiro atoms. The third-order valence-electron chi connectivity index (χ3n) is 1.81. The van der Waals surface area contributed by atoms with Gasteiger partial charge in [0.1, 0.15) is 0 Å². The molecule has 0 aliphatic heterocycles. The van der Waals surface area contributed by atoms with Crippen molar-refractivity contribution in [1.29, 1.82) is 0 Å². The van der Waals surface area contributed by atoms with Crippen LogP contribution in [0.4, 0.5) is 39.5 Å². The SMILES string of the molecule is O=C(O)C(F)(F)C(F)(F)C(F)(F)C(F)(Cl)C(F)(F)Cl. The quantitative estimate of drug-likeness (QED) is 0.608. The molecule has 1 N–H and O–H groups in total. The summed E-state index contributed by atoms with van der Waals surface area (Å²) in [6.07, 6.45) is 0. The molecule has 0 heterocycles. The molecule has 0 bridgehead atoms. The zero-order valence-electron chi connectivity index (χ0n) is 8.01. The van der Waals surface area contributed by atoms with Gasteiger partial charge in [-0.2, -0.15) is 35.1 Å². The highest BCUT2D eigenvalue weighted by Gasteiger charge is 2.86. The van der Waals surface area contributed by atoms with Gasteiger partial charge in [0.2, 0.25) is 0 Å². The Morgan fingerprint density at radius 1 is 0.789 bits per heavy atom. The molecule has 1 unspecified atom stereocenters. The number of carbonyl (C=O) groups is 1. The lowest BCUT2D eigenvalue weighted by molar-refractivity contribution is -0.338. The Bertz CT molecular complexity index is 375. The molecule has 114 valence electrons. The largest absolute Gasteiger partial charge is 0.477 e. The van der Waals surface area contributed by atoms with Gasteiger partial charge in [0, 0.05) is 0 Å². The predicted octanol–water partition coefficient (Wildman–Crippen LogP) is 3.71. The molecule has 0 radical (unpaired) electrons. The molecule has 0 fully saturated rings. The summed E-state index contributed by atoms with van der Waals surface area (Å²) in [5.41, 5.74) is 0. The Morgan fingerprint density at radius 3 is 1.32 bits per heavy atom. The van der Waals surface area contributed by atoms with Crippen LogP contribution < -0.4 is 0 Å². The first-order valence-corrected chi connectivity index (χ1v) is 4.51. The van der Waals surface area contributed by atoms with Crippen molar-refractivity contribution < 1.29 is 49.4 Å². The van der Waals surface area contributed by atoms with Crippen LogP contribution in [0, 0.1) is 0 Å². The summed E-state index contributed by atoms with van der Waals surface area (Å²) in [5.74, 6) is -24.5. The van der Waals surface area contributed by atoms with Gasteiger partial charge in [0.05, 0.1) is 0 Å². The van der Waals surface area contributed by atoms with Gasteiger partial charge in [-0.25, -0.2) is 9.18 Å². The van der Waals surface area contributed by atoms with Gasteiger partial charge in [-0.05, 0) is 11.6 Å². The van der Waals surface area contributed by atoms with Crippen LogP contribution >= 0.6 is 23.2 Å². The van der Waals surface area contributed by atoms with Crippen LogP contribution in [0.1, 0.15) is 0 Å². The standard InChI is InChI=1S/C6HCl2F9O2/c7-3(11,6(8,16)17)5(14,15)4(12,13)2(9,10)1(18)19/h(H,18,19). The summed E-state index contributed by atoms with van der Waals surface area (Å²) in [4.78, 5) is 9.74. The molecule has 0 aromatic heterocycles. The number of carboxylic acids is 1. The van der Waals surface area contributed by atoms with E-state index >= 15 is 0 Å². The van der Waals surface area contributed by atoms with E-state index in [9.17, 15) is 44.3 Å². The third-order valence-corrected chi connectivity index (χ3v) is 2.64. The van der Waals surface area contributed by atoms with Crippen molar-refractivity contribution in [2.75, 3.05) is 0 Å². The highest BCUT2D eigenvalue weighted by Crippen LogP contribution is 2.58. The first-order valence-electron chi connectivity index (χ1n) is 3.76. The van der Waals surface area contributed by atoms with Crippen molar-refractivity contribution in [3.8, 4) is 0 Å². The van der Waals surface area contributed by atoms with E-state index < -0.39 is 34.2 Å². The van der Waals surface area contributed by atoms with E-state index in [1.54, 1.807) is 0 Å². The van der Waals surface area contributed by atoms with E-state index in [-0.39, 0.29) is 0 Å². The van der Waals surface area contributed by atoms with E-state index in [1.807, 2.05) is 0 Å². The van der Waals surface area contributed by atoms with Crippen LogP contribution in [0.25, 0.3) is 0 Å². The molecule has 0 aliphatic rings. The molecule has 1 atom stereocenters. The number of aliphatic carboxylic acids is 1. The third kappa shape index (κ3) is 2.41. The summed E-state index contributed by atoms with van der Waals surface area (Å²) >= 11 is 7.49. The molecule has 0 aromatic rings. The molecular weight excluding hydrogens is 346 g/mol. The van der Waals surface area contributed by atoms with Crippen molar-refractivity contribution in [2.45, 2.75) is 28.3 Å². The highest BCUT2D eigenvalue weighted by molar-refractivity contribution is 6.33. The van der Waals surface area contributed by atoms with Gasteiger partial charge < -0.3 is 5.11 Å². The Hall–Kier alpha value is -0.580. The fourth-order valence-electron chi connectivity index (χ4n) is 0.707. The lowest BCUT2D eigenvalue weighted by Gasteiger charge is -2.37. The van der Waals surface area contributed by atoms with E-state index in [0.717, 1.165) is 0 Å². The monoisotopic (exact) mass is 346 g/mol. The number of hydrogen-bond acceptors (Lipinski definition) is 1. The van der Waals surface area contributed by atoms with Crippen LogP contribution in [-0.4, -0.2) is 39.4 Å². The maximum Gasteiger partial charge on any atom is 0.410 e. The van der Waals surface area contributed by atoms with Crippen molar-refractivity contribution in [1.82, 2.24) is 0 Å². The molecule has 0 rings (SSSR count). The van der Waals surface area contributed by atoms with E-state index in [4.69, 9.17) is 5.11 Å². The van der Waals surface area contributed by atoms with Crippen LogP contribution in [0.2, 0.25) is 0 Å². The topological polar surface area (TPSA) is 37.3 Å². The summed E-state index contributed by atoms with van der Waals surface area (Å²) < 4.78 is 113. The molecule has 0 aromatic carbocycles. The first kappa shape index (κ1) is 18.4. The van der Waals surface area contributed by atoms with Gasteiger partial charge in [-0.3, -0.25) is 0 Å². The summed E-state index contributed by atoms with van der Waals surface area (Å²) in [7, 11) is 0. The van der Waals surface area contributed by atoms with Gasteiger partial charge in [-0.1, -0.05) is 11.6 Å². The number of alkyl halides is 11. The number of rotatable bonds is 5. The highest BCUT2D eigenvalue weighted by atomic mass is 35.5. The fraction of sp³-hybridized carbons (Fsp3) is 0.833. The van der Waals surface area contributed by atoms with Crippen molar-refractivity contribution in [3.05, 3.63) is 0 Å². The molecule has 0 amide bonds. The average molecular weight is 347 g/mol. The van der Waals surface area contributed by atoms with Gasteiger partial charge in [-0.15, -0.1) is 0 Å². The van der Waals surface area contributed by atoms with Crippen molar-refractivity contribution in [3.63, 3.8) is 0 Å². The smallest absolute Gasteiger partial charge is 0.410 e. The molecule has 0 saturated heterocycles. The Labute approximate surface area is 108 Å². The molecule has 0 saturated carbocycles. The Morgan fingerprint density at radius 2 is 1.11 bits per heavy atom. The number of carboxylic acid groups (broad SMARTS) is 1. The molecule has 0 aliphatic carbocycles. The number of halogens is 11. The van der Waals surface area contributed by atoms with Crippen molar-refractivity contribution in [2.24, 2.45) is 0 Å². The second-order valence-electron chi connectivity index (χ2n) is 3.10. The lowest BCUT2D eigenvalue weighted by atomic mass is 10.00. The average Bonchev–Trinajstić information content (AvgIpc) is 2.14. The van der Waals surface area contributed by atoms with Gasteiger partial charge in [0.15, 0.2) is 0 Å².